The van der Waals surface area contributed by atoms with Crippen molar-refractivity contribution in [1.82, 2.24) is 0 Å². The van der Waals surface area contributed by atoms with Crippen molar-refractivity contribution in [3.63, 3.8) is 0 Å². The molecule has 0 aromatic heterocycles. The zero-order valence-corrected chi connectivity index (χ0v) is 10.1. The van der Waals surface area contributed by atoms with Crippen LogP contribution in [0.25, 0.3) is 0 Å². The number of allylic oxidation sites excluding steroid dienone is 1. The van der Waals surface area contributed by atoms with E-state index in [9.17, 15) is 0 Å². The number of rotatable bonds is 5. The number of hydrogen-bond donors (Lipinski definition) is 0. The minimum absolute atomic E-state index is 1.03. The summed E-state index contributed by atoms with van der Waals surface area (Å²) in [7, 11) is 0. The molecule has 0 nitrogen and oxygen atoms in total. The lowest BCUT2D eigenvalue weighted by molar-refractivity contribution is 0.744. The van der Waals surface area contributed by atoms with E-state index >= 15 is 0 Å². The van der Waals surface area contributed by atoms with E-state index in [1.54, 1.807) is 6.08 Å². The molecule has 0 aliphatic carbocycles. The minimum atomic E-state index is 1.03. The molecule has 0 aliphatic rings. The molecular formula is C15H21. The van der Waals surface area contributed by atoms with Crippen LogP contribution in [0.2, 0.25) is 0 Å². The van der Waals surface area contributed by atoms with Crippen LogP contribution in [0.5, 0.6) is 0 Å². The van der Waals surface area contributed by atoms with Crippen molar-refractivity contribution in [1.29, 1.82) is 0 Å². The molecule has 81 valence electrons. The van der Waals surface area contributed by atoms with Gasteiger partial charge in [-0.25, -0.2) is 0 Å². The van der Waals surface area contributed by atoms with Crippen molar-refractivity contribution in [2.24, 2.45) is 0 Å². The summed E-state index contributed by atoms with van der Waals surface area (Å²) < 4.78 is 0. The van der Waals surface area contributed by atoms with Crippen LogP contribution in [0.4, 0.5) is 0 Å². The van der Waals surface area contributed by atoms with Gasteiger partial charge in [-0.15, -0.1) is 0 Å². The molecule has 0 saturated carbocycles. The summed E-state index contributed by atoms with van der Waals surface area (Å²) in [5, 5.41) is 0. The molecule has 1 rings (SSSR count). The van der Waals surface area contributed by atoms with E-state index in [2.05, 4.69) is 32.9 Å². The quantitative estimate of drug-likeness (QED) is 0.623. The summed E-state index contributed by atoms with van der Waals surface area (Å²) in [6.07, 6.45) is 6.40. The monoisotopic (exact) mass is 201 g/mol. The van der Waals surface area contributed by atoms with E-state index < -0.39 is 0 Å². The predicted octanol–water partition coefficient (Wildman–Crippen LogP) is 4.31. The second-order valence-corrected chi connectivity index (χ2v) is 4.27. The molecule has 0 heterocycles. The van der Waals surface area contributed by atoms with Crippen LogP contribution in [0.15, 0.2) is 18.2 Å². The van der Waals surface area contributed by atoms with Gasteiger partial charge < -0.3 is 0 Å². The first-order chi connectivity index (χ1) is 7.16. The highest BCUT2D eigenvalue weighted by molar-refractivity contribution is 5.38. The van der Waals surface area contributed by atoms with Gasteiger partial charge in [-0.05, 0) is 68.7 Å². The molecule has 0 bridgehead atoms. The third-order valence-electron chi connectivity index (χ3n) is 3.24. The fourth-order valence-corrected chi connectivity index (χ4v) is 1.86. The molecule has 0 heteroatoms. The Kier molecular flexibility index (Phi) is 4.61. The van der Waals surface area contributed by atoms with E-state index in [0.29, 0.717) is 0 Å². The Hall–Kier alpha value is -1.04. The van der Waals surface area contributed by atoms with Crippen LogP contribution in [0.3, 0.4) is 0 Å². The van der Waals surface area contributed by atoms with Gasteiger partial charge in [0.15, 0.2) is 0 Å². The fraction of sp³-hybridized carbons (Fsp3) is 0.467. The average Bonchev–Trinajstić information content (AvgIpc) is 2.24. The van der Waals surface area contributed by atoms with E-state index in [1.165, 1.54) is 41.5 Å². The molecule has 1 radical (unpaired) electrons. The van der Waals surface area contributed by atoms with Gasteiger partial charge in [0, 0.05) is 0 Å². The van der Waals surface area contributed by atoms with Crippen molar-refractivity contribution < 1.29 is 0 Å². The van der Waals surface area contributed by atoms with Crippen molar-refractivity contribution in [3.8, 4) is 0 Å². The molecule has 0 fully saturated rings. The van der Waals surface area contributed by atoms with Gasteiger partial charge in [-0.1, -0.05) is 24.8 Å². The maximum absolute atomic E-state index is 5.36. The van der Waals surface area contributed by atoms with Crippen molar-refractivity contribution in [2.45, 2.75) is 46.5 Å². The first kappa shape index (κ1) is 12.0. The van der Waals surface area contributed by atoms with Crippen LogP contribution in [0, 0.1) is 27.4 Å². The molecular weight excluding hydrogens is 180 g/mol. The summed E-state index contributed by atoms with van der Waals surface area (Å²) in [6.45, 7) is 12.0. The molecule has 1 aromatic rings. The zero-order chi connectivity index (χ0) is 11.3. The lowest BCUT2D eigenvalue weighted by atomic mass is 9.95. The lowest BCUT2D eigenvalue weighted by Gasteiger charge is -2.10. The molecule has 0 N–H and O–H groups in total. The Morgan fingerprint density at radius 2 is 1.80 bits per heavy atom. The van der Waals surface area contributed by atoms with Crippen molar-refractivity contribution in [2.75, 3.05) is 0 Å². The standard InChI is InChI=1S/C15H21/c1-5-6-7-8-9-15-11-10-12(2)13(3)14(15)4/h1,5,10-11H,6-9H2,2-4H3. The molecule has 0 unspecified atom stereocenters. The highest BCUT2D eigenvalue weighted by Crippen LogP contribution is 2.19. The third-order valence-corrected chi connectivity index (χ3v) is 3.24. The van der Waals surface area contributed by atoms with Crippen LogP contribution in [0.1, 0.15) is 41.5 Å². The first-order valence-corrected chi connectivity index (χ1v) is 5.76. The van der Waals surface area contributed by atoms with Gasteiger partial charge in [0.25, 0.3) is 0 Å². The van der Waals surface area contributed by atoms with Crippen molar-refractivity contribution in [3.05, 3.63) is 47.0 Å². The lowest BCUT2D eigenvalue weighted by Crippen LogP contribution is -1.95. The largest absolute Gasteiger partial charge is 0.0845 e. The highest BCUT2D eigenvalue weighted by atomic mass is 14.1. The fourth-order valence-electron chi connectivity index (χ4n) is 1.86. The molecule has 0 saturated heterocycles. The Labute approximate surface area is 94.0 Å². The third kappa shape index (κ3) is 3.23. The van der Waals surface area contributed by atoms with Gasteiger partial charge in [0.1, 0.15) is 0 Å². The van der Waals surface area contributed by atoms with Crippen molar-refractivity contribution >= 4 is 0 Å². The molecule has 0 aliphatic heterocycles. The molecule has 0 atom stereocenters. The van der Waals surface area contributed by atoms with E-state index in [-0.39, 0.29) is 0 Å². The Bertz CT molecular complexity index is 334. The van der Waals surface area contributed by atoms with Gasteiger partial charge in [-0.2, -0.15) is 0 Å². The maximum Gasteiger partial charge on any atom is -0.0276 e. The number of unbranched alkanes of at least 4 members (excludes halogenated alkanes) is 2. The Morgan fingerprint density at radius 3 is 2.47 bits per heavy atom. The van der Waals surface area contributed by atoms with Crippen LogP contribution < -0.4 is 0 Å². The SMILES string of the molecule is [CH]=CCCCCc1ccc(C)c(C)c1C. The maximum atomic E-state index is 5.36. The van der Waals surface area contributed by atoms with Crippen LogP contribution >= 0.6 is 0 Å². The first-order valence-electron chi connectivity index (χ1n) is 5.76. The second-order valence-electron chi connectivity index (χ2n) is 4.27. The van der Waals surface area contributed by atoms with E-state index in [1.807, 2.05) is 0 Å². The van der Waals surface area contributed by atoms with E-state index in [0.717, 1.165) is 6.42 Å². The molecule has 0 spiro atoms. The molecule has 0 amide bonds. The topological polar surface area (TPSA) is 0 Å². The minimum Gasteiger partial charge on any atom is -0.0845 e. The summed E-state index contributed by atoms with van der Waals surface area (Å²) in [4.78, 5) is 0. The highest BCUT2D eigenvalue weighted by Gasteiger charge is 2.02. The van der Waals surface area contributed by atoms with Gasteiger partial charge in [0.2, 0.25) is 0 Å². The number of hydrogen-bond acceptors (Lipinski definition) is 0. The summed E-state index contributed by atoms with van der Waals surface area (Å²) >= 11 is 0. The number of aryl methyl sites for hydroxylation is 2. The van der Waals surface area contributed by atoms with Gasteiger partial charge in [0.05, 0.1) is 0 Å². The predicted molar refractivity (Wildman–Crippen MR) is 67.1 cm³/mol. The van der Waals surface area contributed by atoms with Crippen LogP contribution in [-0.2, 0) is 6.42 Å². The van der Waals surface area contributed by atoms with Gasteiger partial charge >= 0.3 is 0 Å². The summed E-state index contributed by atoms with van der Waals surface area (Å²) in [5.41, 5.74) is 5.80. The molecule has 15 heavy (non-hydrogen) atoms. The molecule has 1 aromatic carbocycles. The number of benzene rings is 1. The summed E-state index contributed by atoms with van der Waals surface area (Å²) in [6, 6.07) is 4.50. The Morgan fingerprint density at radius 1 is 1.07 bits per heavy atom. The van der Waals surface area contributed by atoms with Crippen LogP contribution in [-0.4, -0.2) is 0 Å². The average molecular weight is 201 g/mol. The smallest absolute Gasteiger partial charge is 0.0276 e. The van der Waals surface area contributed by atoms with Gasteiger partial charge in [-0.3, -0.25) is 0 Å². The normalized spacial score (nSPS) is 10.3. The van der Waals surface area contributed by atoms with E-state index in [4.69, 9.17) is 6.58 Å². The second kappa shape index (κ2) is 5.75. The summed E-state index contributed by atoms with van der Waals surface area (Å²) in [5.74, 6) is 0. The zero-order valence-electron chi connectivity index (χ0n) is 10.1. The Balaban J connectivity index is 2.62.